The maximum absolute atomic E-state index is 13.1. The van der Waals surface area contributed by atoms with Gasteiger partial charge in [-0.25, -0.2) is 0 Å². The third kappa shape index (κ3) is 3.80. The quantitative estimate of drug-likeness (QED) is 0.606. The molecule has 1 aromatic heterocycles. The molecule has 2 aliphatic carbocycles. The molecule has 31 heavy (non-hydrogen) atoms. The SMILES string of the molecule is Cc1cc(CCC(=O)c2sc(C)c3c2C[C@@H]2[C@H]3C2(C)C)cc(C)c1OCC(O)C(N)=O. The molecule has 0 bridgehead atoms. The van der Waals surface area contributed by atoms with E-state index in [4.69, 9.17) is 10.5 Å². The van der Waals surface area contributed by atoms with Crippen LogP contribution in [0.1, 0.15) is 68.6 Å². The highest BCUT2D eigenvalue weighted by Gasteiger charge is 2.63. The van der Waals surface area contributed by atoms with Crippen LogP contribution in [0.3, 0.4) is 0 Å². The topological polar surface area (TPSA) is 89.6 Å². The molecule has 0 radical (unpaired) electrons. The molecule has 3 atom stereocenters. The first-order valence-electron chi connectivity index (χ1n) is 10.9. The summed E-state index contributed by atoms with van der Waals surface area (Å²) in [5.41, 5.74) is 11.2. The molecule has 166 valence electrons. The van der Waals surface area contributed by atoms with Crippen LogP contribution in [0.15, 0.2) is 12.1 Å². The summed E-state index contributed by atoms with van der Waals surface area (Å²) >= 11 is 1.68. The molecule has 1 saturated carbocycles. The molecule has 4 rings (SSSR count). The van der Waals surface area contributed by atoms with E-state index in [9.17, 15) is 14.7 Å². The normalized spacial score (nSPS) is 21.4. The van der Waals surface area contributed by atoms with Crippen molar-refractivity contribution >= 4 is 23.0 Å². The Kier molecular flexibility index (Phi) is 5.51. The van der Waals surface area contributed by atoms with Gasteiger partial charge >= 0.3 is 0 Å². The minimum Gasteiger partial charge on any atom is -0.490 e. The van der Waals surface area contributed by atoms with Crippen molar-refractivity contribution in [1.82, 2.24) is 0 Å². The second-order valence-electron chi connectivity index (χ2n) is 9.70. The number of ketones is 1. The third-order valence-corrected chi connectivity index (χ3v) is 8.35. The van der Waals surface area contributed by atoms with Crippen LogP contribution >= 0.6 is 11.3 Å². The summed E-state index contributed by atoms with van der Waals surface area (Å²) in [5.74, 6) is 1.44. The largest absolute Gasteiger partial charge is 0.490 e. The molecule has 1 aromatic carbocycles. The number of aliphatic hydroxyl groups excluding tert-OH is 1. The lowest BCUT2D eigenvalue weighted by atomic mass is 9.93. The smallest absolute Gasteiger partial charge is 0.249 e. The average molecular weight is 442 g/mol. The number of fused-ring (bicyclic) bond motifs is 3. The van der Waals surface area contributed by atoms with E-state index in [-0.39, 0.29) is 12.4 Å². The van der Waals surface area contributed by atoms with Crippen molar-refractivity contribution in [2.45, 2.75) is 65.9 Å². The zero-order chi connectivity index (χ0) is 22.7. The number of amides is 1. The minimum absolute atomic E-state index is 0.170. The number of aryl methyl sites for hydroxylation is 4. The summed E-state index contributed by atoms with van der Waals surface area (Å²) in [5, 5.41) is 9.56. The van der Waals surface area contributed by atoms with Gasteiger partial charge in [-0.15, -0.1) is 11.3 Å². The number of Topliss-reactive ketones (excluding diaryl/α,β-unsaturated/α-hetero) is 1. The second kappa shape index (κ2) is 7.75. The molecule has 3 N–H and O–H groups in total. The van der Waals surface area contributed by atoms with Crippen molar-refractivity contribution < 1.29 is 19.4 Å². The van der Waals surface area contributed by atoms with Gasteiger partial charge in [0.1, 0.15) is 12.4 Å². The third-order valence-electron chi connectivity index (χ3n) is 7.15. The highest BCUT2D eigenvalue weighted by molar-refractivity contribution is 7.14. The number of nitrogens with two attached hydrogens (primary N) is 1. The number of carbonyl (C=O) groups excluding carboxylic acids is 2. The first kappa shape index (κ1) is 22.0. The molecule has 1 unspecified atom stereocenters. The summed E-state index contributed by atoms with van der Waals surface area (Å²) in [6.45, 7) is 10.5. The van der Waals surface area contributed by atoms with Crippen LogP contribution in [0.4, 0.5) is 0 Å². The van der Waals surface area contributed by atoms with Crippen molar-refractivity contribution in [2.24, 2.45) is 17.1 Å². The molecule has 2 aromatic rings. The molecule has 1 amide bonds. The molecule has 0 aliphatic heterocycles. The molecule has 1 heterocycles. The molecular weight excluding hydrogens is 410 g/mol. The van der Waals surface area contributed by atoms with Crippen molar-refractivity contribution in [2.75, 3.05) is 6.61 Å². The van der Waals surface area contributed by atoms with E-state index in [1.54, 1.807) is 11.3 Å². The van der Waals surface area contributed by atoms with E-state index in [2.05, 4.69) is 20.8 Å². The monoisotopic (exact) mass is 441 g/mol. The summed E-state index contributed by atoms with van der Waals surface area (Å²) < 4.78 is 5.61. The van der Waals surface area contributed by atoms with E-state index < -0.39 is 12.0 Å². The standard InChI is InChI=1S/C25H31NO4S/c1-12-8-15(9-13(2)22(12)30-11-19(28)24(26)29)6-7-18(27)23-16-10-17-21(25(17,4)5)20(16)14(3)31-23/h8-9,17,19,21,28H,6-7,10-11H2,1-5H3,(H2,26,29)/t17-,19?,21-/m1/s1. The molecular formula is C25H31NO4S. The lowest BCUT2D eigenvalue weighted by Crippen LogP contribution is -2.33. The Morgan fingerprint density at radius 1 is 1.26 bits per heavy atom. The molecule has 0 saturated heterocycles. The summed E-state index contributed by atoms with van der Waals surface area (Å²) in [6, 6.07) is 4.02. The van der Waals surface area contributed by atoms with Gasteiger partial charge in [-0.3, -0.25) is 9.59 Å². The molecule has 5 nitrogen and oxygen atoms in total. The van der Waals surface area contributed by atoms with Gasteiger partial charge < -0.3 is 15.6 Å². The predicted molar refractivity (Wildman–Crippen MR) is 122 cm³/mol. The van der Waals surface area contributed by atoms with Crippen LogP contribution in [0, 0.1) is 32.1 Å². The zero-order valence-electron chi connectivity index (χ0n) is 18.9. The Labute approximate surface area is 187 Å². The number of benzene rings is 1. The first-order chi connectivity index (χ1) is 14.5. The lowest BCUT2D eigenvalue weighted by molar-refractivity contribution is -0.127. The number of hydrogen-bond acceptors (Lipinski definition) is 5. The van der Waals surface area contributed by atoms with Gasteiger partial charge in [0.25, 0.3) is 0 Å². The van der Waals surface area contributed by atoms with Gasteiger partial charge in [-0.1, -0.05) is 26.0 Å². The Bertz CT molecular complexity index is 1040. The van der Waals surface area contributed by atoms with E-state index in [0.717, 1.165) is 28.0 Å². The van der Waals surface area contributed by atoms with Crippen molar-refractivity contribution in [3.05, 3.63) is 49.7 Å². The summed E-state index contributed by atoms with van der Waals surface area (Å²) in [4.78, 5) is 26.4. The van der Waals surface area contributed by atoms with Crippen LogP contribution in [-0.2, 0) is 17.6 Å². The van der Waals surface area contributed by atoms with Gasteiger partial charge in [0.05, 0.1) is 4.88 Å². The Morgan fingerprint density at radius 3 is 2.52 bits per heavy atom. The van der Waals surface area contributed by atoms with E-state index in [1.165, 1.54) is 16.0 Å². The summed E-state index contributed by atoms with van der Waals surface area (Å²) in [7, 11) is 0. The van der Waals surface area contributed by atoms with Gasteiger partial charge in [0, 0.05) is 11.3 Å². The molecule has 1 fully saturated rings. The van der Waals surface area contributed by atoms with Crippen LogP contribution in [0.5, 0.6) is 5.75 Å². The van der Waals surface area contributed by atoms with Crippen molar-refractivity contribution in [1.29, 1.82) is 0 Å². The maximum Gasteiger partial charge on any atom is 0.249 e. The fourth-order valence-corrected chi connectivity index (χ4v) is 6.58. The van der Waals surface area contributed by atoms with Gasteiger partial charge in [0.2, 0.25) is 5.91 Å². The molecule has 6 heteroatoms. The fraction of sp³-hybridized carbons (Fsp3) is 0.520. The number of carbonyl (C=O) groups is 2. The predicted octanol–water partition coefficient (Wildman–Crippen LogP) is 4.01. The summed E-state index contributed by atoms with van der Waals surface area (Å²) in [6.07, 6.45) is 0.892. The van der Waals surface area contributed by atoms with E-state index in [1.807, 2.05) is 26.0 Å². The van der Waals surface area contributed by atoms with Gasteiger partial charge in [-0.05, 0) is 78.7 Å². The number of ether oxygens (including phenoxy) is 1. The van der Waals surface area contributed by atoms with Crippen LogP contribution in [0.25, 0.3) is 0 Å². The highest BCUT2D eigenvalue weighted by Crippen LogP contribution is 2.71. The number of aliphatic hydroxyl groups is 1. The number of hydrogen-bond donors (Lipinski definition) is 2. The Balaban J connectivity index is 1.42. The van der Waals surface area contributed by atoms with Crippen LogP contribution in [-0.4, -0.2) is 29.5 Å². The second-order valence-corrected chi connectivity index (χ2v) is 10.9. The average Bonchev–Trinajstić information content (AvgIpc) is 3.02. The van der Waals surface area contributed by atoms with E-state index >= 15 is 0 Å². The number of rotatable bonds is 8. The molecule has 0 spiro atoms. The highest BCUT2D eigenvalue weighted by atomic mass is 32.1. The zero-order valence-corrected chi connectivity index (χ0v) is 19.7. The fourth-order valence-electron chi connectivity index (χ4n) is 5.38. The first-order valence-corrected chi connectivity index (χ1v) is 11.7. The van der Waals surface area contributed by atoms with E-state index in [0.29, 0.717) is 35.8 Å². The van der Waals surface area contributed by atoms with Crippen LogP contribution < -0.4 is 10.5 Å². The Morgan fingerprint density at radius 2 is 1.90 bits per heavy atom. The Hall–Kier alpha value is -2.18. The lowest BCUT2D eigenvalue weighted by Gasteiger charge is -2.15. The maximum atomic E-state index is 13.1. The van der Waals surface area contributed by atoms with Gasteiger partial charge in [0.15, 0.2) is 11.9 Å². The number of primary amides is 1. The van der Waals surface area contributed by atoms with Crippen LogP contribution in [0.2, 0.25) is 0 Å². The van der Waals surface area contributed by atoms with Gasteiger partial charge in [-0.2, -0.15) is 0 Å². The minimum atomic E-state index is -1.33. The number of thiophene rings is 1. The molecule has 2 aliphatic rings. The van der Waals surface area contributed by atoms with Crippen molar-refractivity contribution in [3.63, 3.8) is 0 Å². The van der Waals surface area contributed by atoms with Crippen molar-refractivity contribution in [3.8, 4) is 5.75 Å².